The zero-order chi connectivity index (χ0) is 16.8. The van der Waals surface area contributed by atoms with Crippen molar-refractivity contribution in [2.75, 3.05) is 13.2 Å². The predicted molar refractivity (Wildman–Crippen MR) is 93.9 cm³/mol. The zero-order valence-electron chi connectivity index (χ0n) is 13.9. The van der Waals surface area contributed by atoms with E-state index in [2.05, 4.69) is 29.4 Å². The van der Waals surface area contributed by atoms with Crippen LogP contribution in [0.2, 0.25) is 5.02 Å². The number of nitrogens with zero attached hydrogens (tertiary/aromatic N) is 2. The van der Waals surface area contributed by atoms with Crippen molar-refractivity contribution >= 4 is 11.6 Å². The Hall–Kier alpha value is -1.49. The summed E-state index contributed by atoms with van der Waals surface area (Å²) in [6.45, 7) is 5.90. The SMILES string of the molecule is CC(C)N(Cc1cccn1C)CC(O)COc1ccc(Cl)cc1. The second kappa shape index (κ2) is 8.39. The van der Waals surface area contributed by atoms with Gasteiger partial charge < -0.3 is 14.4 Å². The molecule has 1 N–H and O–H groups in total. The lowest BCUT2D eigenvalue weighted by Gasteiger charge is -2.29. The highest BCUT2D eigenvalue weighted by atomic mass is 35.5. The van der Waals surface area contributed by atoms with Gasteiger partial charge in [0.25, 0.3) is 0 Å². The van der Waals surface area contributed by atoms with Crippen molar-refractivity contribution in [3.8, 4) is 5.75 Å². The summed E-state index contributed by atoms with van der Waals surface area (Å²) in [5, 5.41) is 11.0. The van der Waals surface area contributed by atoms with Crippen molar-refractivity contribution in [1.29, 1.82) is 0 Å². The molecule has 0 amide bonds. The van der Waals surface area contributed by atoms with Gasteiger partial charge in [0.15, 0.2) is 0 Å². The van der Waals surface area contributed by atoms with Gasteiger partial charge in [0.1, 0.15) is 18.5 Å². The molecule has 0 radical (unpaired) electrons. The monoisotopic (exact) mass is 336 g/mol. The molecule has 5 heteroatoms. The van der Waals surface area contributed by atoms with Crippen molar-refractivity contribution in [3.05, 3.63) is 53.3 Å². The van der Waals surface area contributed by atoms with Gasteiger partial charge in [-0.25, -0.2) is 0 Å². The maximum absolute atomic E-state index is 10.3. The maximum Gasteiger partial charge on any atom is 0.119 e. The Morgan fingerprint density at radius 3 is 2.48 bits per heavy atom. The minimum atomic E-state index is -0.548. The van der Waals surface area contributed by atoms with E-state index in [1.807, 2.05) is 19.3 Å². The molecule has 0 saturated heterocycles. The van der Waals surface area contributed by atoms with Gasteiger partial charge >= 0.3 is 0 Å². The number of aromatic nitrogens is 1. The van der Waals surface area contributed by atoms with Gasteiger partial charge in [-0.3, -0.25) is 4.90 Å². The van der Waals surface area contributed by atoms with E-state index in [0.717, 1.165) is 6.54 Å². The number of aryl methyl sites for hydroxylation is 1. The fourth-order valence-corrected chi connectivity index (χ4v) is 2.50. The second-order valence-electron chi connectivity index (χ2n) is 6.05. The van der Waals surface area contributed by atoms with E-state index in [1.54, 1.807) is 24.3 Å². The normalized spacial score (nSPS) is 12.8. The third-order valence-corrected chi connectivity index (χ3v) is 4.10. The van der Waals surface area contributed by atoms with E-state index in [1.165, 1.54) is 5.69 Å². The Bertz CT molecular complexity index is 595. The van der Waals surface area contributed by atoms with Crippen LogP contribution in [-0.4, -0.2) is 39.9 Å². The smallest absolute Gasteiger partial charge is 0.119 e. The predicted octanol–water partition coefficient (Wildman–Crippen LogP) is 3.33. The molecule has 1 heterocycles. The van der Waals surface area contributed by atoms with Crippen LogP contribution >= 0.6 is 11.6 Å². The number of ether oxygens (including phenoxy) is 1. The molecule has 0 aliphatic rings. The number of halogens is 1. The molecular formula is C18H25ClN2O2. The molecular weight excluding hydrogens is 312 g/mol. The highest BCUT2D eigenvalue weighted by Crippen LogP contribution is 2.16. The van der Waals surface area contributed by atoms with Crippen LogP contribution in [0, 0.1) is 0 Å². The van der Waals surface area contributed by atoms with E-state index in [9.17, 15) is 5.11 Å². The Balaban J connectivity index is 1.86. The molecule has 2 aromatic rings. The molecule has 1 unspecified atom stereocenters. The fourth-order valence-electron chi connectivity index (χ4n) is 2.37. The molecule has 0 fully saturated rings. The van der Waals surface area contributed by atoms with Gasteiger partial charge in [-0.1, -0.05) is 11.6 Å². The standard InChI is InChI=1S/C18H25ClN2O2/c1-14(2)21(11-16-5-4-10-20(16)3)12-17(22)13-23-18-8-6-15(19)7-9-18/h4-10,14,17,22H,11-13H2,1-3H3. The summed E-state index contributed by atoms with van der Waals surface area (Å²) in [7, 11) is 2.04. The summed E-state index contributed by atoms with van der Waals surface area (Å²) in [4.78, 5) is 2.24. The number of rotatable bonds is 8. The van der Waals surface area contributed by atoms with Gasteiger partial charge in [-0.05, 0) is 50.2 Å². The summed E-state index contributed by atoms with van der Waals surface area (Å²) >= 11 is 5.84. The topological polar surface area (TPSA) is 37.6 Å². The summed E-state index contributed by atoms with van der Waals surface area (Å²) in [5.41, 5.74) is 1.23. The van der Waals surface area contributed by atoms with Crippen molar-refractivity contribution in [2.24, 2.45) is 7.05 Å². The van der Waals surface area contributed by atoms with Crippen LogP contribution in [0.3, 0.4) is 0 Å². The Kier molecular flexibility index (Phi) is 6.51. The molecule has 4 nitrogen and oxygen atoms in total. The first-order chi connectivity index (χ1) is 11.0. The average Bonchev–Trinajstić information content (AvgIpc) is 2.91. The molecule has 1 aromatic carbocycles. The van der Waals surface area contributed by atoms with E-state index < -0.39 is 6.10 Å². The highest BCUT2D eigenvalue weighted by Gasteiger charge is 2.16. The van der Waals surface area contributed by atoms with Crippen LogP contribution in [0.5, 0.6) is 5.75 Å². The number of aliphatic hydroxyl groups excluding tert-OH is 1. The van der Waals surface area contributed by atoms with Crippen molar-refractivity contribution in [3.63, 3.8) is 0 Å². The average molecular weight is 337 g/mol. The van der Waals surface area contributed by atoms with Crippen LogP contribution in [0.4, 0.5) is 0 Å². The number of hydrogen-bond donors (Lipinski definition) is 1. The first-order valence-corrected chi connectivity index (χ1v) is 8.24. The zero-order valence-corrected chi connectivity index (χ0v) is 14.7. The summed E-state index contributed by atoms with van der Waals surface area (Å²) in [6.07, 6.45) is 1.49. The minimum Gasteiger partial charge on any atom is -0.491 e. The Morgan fingerprint density at radius 1 is 1.22 bits per heavy atom. The minimum absolute atomic E-state index is 0.262. The molecule has 2 rings (SSSR count). The molecule has 0 spiro atoms. The van der Waals surface area contributed by atoms with Crippen LogP contribution in [-0.2, 0) is 13.6 Å². The summed E-state index contributed by atoms with van der Waals surface area (Å²) in [5.74, 6) is 0.715. The number of aliphatic hydroxyl groups is 1. The summed E-state index contributed by atoms with van der Waals surface area (Å²) < 4.78 is 7.72. The third-order valence-electron chi connectivity index (χ3n) is 3.85. The van der Waals surface area contributed by atoms with Crippen LogP contribution in [0.1, 0.15) is 19.5 Å². The highest BCUT2D eigenvalue weighted by molar-refractivity contribution is 6.30. The molecule has 126 valence electrons. The molecule has 23 heavy (non-hydrogen) atoms. The second-order valence-corrected chi connectivity index (χ2v) is 6.49. The maximum atomic E-state index is 10.3. The fraction of sp³-hybridized carbons (Fsp3) is 0.444. The molecule has 0 bridgehead atoms. The molecule has 0 aliphatic heterocycles. The van der Waals surface area contributed by atoms with E-state index in [-0.39, 0.29) is 6.61 Å². The first-order valence-electron chi connectivity index (χ1n) is 7.86. The van der Waals surface area contributed by atoms with Crippen LogP contribution < -0.4 is 4.74 Å². The molecule has 0 saturated carbocycles. The lowest BCUT2D eigenvalue weighted by molar-refractivity contribution is 0.0535. The van der Waals surface area contributed by atoms with Crippen LogP contribution in [0.25, 0.3) is 0 Å². The molecule has 1 aromatic heterocycles. The number of benzene rings is 1. The Morgan fingerprint density at radius 2 is 1.91 bits per heavy atom. The van der Waals surface area contributed by atoms with E-state index in [0.29, 0.717) is 23.4 Å². The number of hydrogen-bond acceptors (Lipinski definition) is 3. The third kappa shape index (κ3) is 5.57. The Labute approximate surface area is 143 Å². The van der Waals surface area contributed by atoms with Gasteiger partial charge in [-0.15, -0.1) is 0 Å². The van der Waals surface area contributed by atoms with E-state index >= 15 is 0 Å². The summed E-state index contributed by atoms with van der Waals surface area (Å²) in [6, 6.07) is 11.6. The lowest BCUT2D eigenvalue weighted by Crippen LogP contribution is -2.39. The molecule has 1 atom stereocenters. The van der Waals surface area contributed by atoms with Crippen molar-refractivity contribution in [2.45, 2.75) is 32.5 Å². The van der Waals surface area contributed by atoms with Crippen LogP contribution in [0.15, 0.2) is 42.6 Å². The van der Waals surface area contributed by atoms with Gasteiger partial charge in [-0.2, -0.15) is 0 Å². The quantitative estimate of drug-likeness (QED) is 0.803. The lowest BCUT2D eigenvalue weighted by atomic mass is 10.2. The molecule has 0 aliphatic carbocycles. The largest absolute Gasteiger partial charge is 0.491 e. The van der Waals surface area contributed by atoms with E-state index in [4.69, 9.17) is 16.3 Å². The van der Waals surface area contributed by atoms with Gasteiger partial charge in [0.05, 0.1) is 0 Å². The van der Waals surface area contributed by atoms with Gasteiger partial charge in [0, 0.05) is 43.1 Å². The first kappa shape index (κ1) is 17.9. The van der Waals surface area contributed by atoms with Gasteiger partial charge in [0.2, 0.25) is 0 Å². The van der Waals surface area contributed by atoms with Crippen molar-refractivity contribution < 1.29 is 9.84 Å². The van der Waals surface area contributed by atoms with Crippen molar-refractivity contribution in [1.82, 2.24) is 9.47 Å².